The van der Waals surface area contributed by atoms with E-state index in [2.05, 4.69) is 15.9 Å². The minimum atomic E-state index is -0.984. The van der Waals surface area contributed by atoms with Crippen molar-refractivity contribution in [2.45, 2.75) is 45.4 Å². The van der Waals surface area contributed by atoms with Gasteiger partial charge in [0.05, 0.1) is 16.8 Å². The first-order valence-corrected chi connectivity index (χ1v) is 11.1. The summed E-state index contributed by atoms with van der Waals surface area (Å²) in [6.07, 6.45) is 1.17. The van der Waals surface area contributed by atoms with Crippen molar-refractivity contribution in [2.24, 2.45) is 16.2 Å². The molecule has 0 N–H and O–H groups in total. The number of benzene rings is 1. The van der Waals surface area contributed by atoms with Gasteiger partial charge in [0.2, 0.25) is 0 Å². The lowest BCUT2D eigenvalue weighted by molar-refractivity contribution is -0.150. The first-order chi connectivity index (χ1) is 14.5. The molecule has 164 valence electrons. The van der Waals surface area contributed by atoms with E-state index in [1.54, 1.807) is 19.1 Å². The van der Waals surface area contributed by atoms with Crippen molar-refractivity contribution >= 4 is 44.6 Å². The van der Waals surface area contributed by atoms with Crippen LogP contribution < -0.4 is 10.4 Å². The maximum Gasteiger partial charge on any atom is 0.351 e. The van der Waals surface area contributed by atoms with Gasteiger partial charge in [0.15, 0.2) is 5.78 Å². The molecular weight excluding hydrogens is 468 g/mol. The van der Waals surface area contributed by atoms with Crippen LogP contribution in [-0.2, 0) is 14.3 Å². The molecule has 0 amide bonds. The Bertz CT molecular complexity index is 1180. The molecule has 4 rings (SSSR count). The Morgan fingerprint density at radius 1 is 1.16 bits per heavy atom. The van der Waals surface area contributed by atoms with Crippen LogP contribution in [0.5, 0.6) is 5.75 Å². The van der Waals surface area contributed by atoms with E-state index in [9.17, 15) is 19.2 Å². The van der Waals surface area contributed by atoms with E-state index in [1.165, 1.54) is 12.1 Å². The third kappa shape index (κ3) is 2.76. The van der Waals surface area contributed by atoms with Crippen LogP contribution in [0.3, 0.4) is 0 Å². The van der Waals surface area contributed by atoms with Crippen LogP contribution >= 0.6 is 15.9 Å². The minimum absolute atomic E-state index is 0.0247. The Hall–Kier alpha value is -2.48. The molecule has 1 aromatic carbocycles. The Morgan fingerprint density at radius 2 is 1.87 bits per heavy atom. The summed E-state index contributed by atoms with van der Waals surface area (Å²) in [7, 11) is 0. The standard InChI is InChI=1S/C23H23BrO7/c1-5-29-18(26)14-10-12-6-7-13(11-15(12)31-19(14)27)30-20(28)23-9-8-22(4,21(23,2)3)17(25)16(23)24/h6-7,10-11,16H,5,8-9H2,1-4H3. The first-order valence-electron chi connectivity index (χ1n) is 10.2. The summed E-state index contributed by atoms with van der Waals surface area (Å²) in [5, 5.41) is 0.490. The van der Waals surface area contributed by atoms with E-state index < -0.39 is 38.6 Å². The lowest BCUT2D eigenvalue weighted by atomic mass is 9.65. The van der Waals surface area contributed by atoms with Crippen LogP contribution in [0.15, 0.2) is 33.5 Å². The fourth-order valence-electron chi connectivity index (χ4n) is 5.11. The maximum absolute atomic E-state index is 13.4. The van der Waals surface area contributed by atoms with Crippen molar-refractivity contribution in [2.75, 3.05) is 6.61 Å². The van der Waals surface area contributed by atoms with E-state index in [0.29, 0.717) is 18.2 Å². The fourth-order valence-corrected chi connectivity index (χ4v) is 6.60. The minimum Gasteiger partial charge on any atom is -0.462 e. The molecule has 7 nitrogen and oxygen atoms in total. The lowest BCUT2D eigenvalue weighted by Crippen LogP contribution is -2.47. The van der Waals surface area contributed by atoms with Gasteiger partial charge < -0.3 is 13.9 Å². The third-order valence-corrected chi connectivity index (χ3v) is 8.70. The van der Waals surface area contributed by atoms with E-state index in [0.717, 1.165) is 0 Å². The number of hydrogen-bond acceptors (Lipinski definition) is 7. The fraction of sp³-hybridized carbons (Fsp3) is 0.478. The van der Waals surface area contributed by atoms with Gasteiger partial charge in [-0.15, -0.1) is 0 Å². The second-order valence-electron chi connectivity index (χ2n) is 8.91. The number of carbonyl (C=O) groups excluding carboxylic acids is 3. The number of ketones is 1. The summed E-state index contributed by atoms with van der Waals surface area (Å²) >= 11 is 3.47. The molecule has 2 bridgehead atoms. The zero-order valence-electron chi connectivity index (χ0n) is 17.7. The molecule has 2 saturated carbocycles. The van der Waals surface area contributed by atoms with Crippen LogP contribution in [0.25, 0.3) is 11.0 Å². The summed E-state index contributed by atoms with van der Waals surface area (Å²) in [6, 6.07) is 5.98. The molecule has 1 heterocycles. The largest absolute Gasteiger partial charge is 0.462 e. The zero-order valence-corrected chi connectivity index (χ0v) is 19.3. The van der Waals surface area contributed by atoms with Gasteiger partial charge in [-0.1, -0.05) is 36.7 Å². The van der Waals surface area contributed by atoms with Crippen LogP contribution in [-0.4, -0.2) is 29.2 Å². The Morgan fingerprint density at radius 3 is 2.48 bits per heavy atom. The quantitative estimate of drug-likeness (QED) is 0.276. The molecule has 2 aliphatic rings. The first kappa shape index (κ1) is 21.7. The summed E-state index contributed by atoms with van der Waals surface area (Å²) < 4.78 is 15.8. The van der Waals surface area contributed by atoms with Crippen LogP contribution in [0.4, 0.5) is 0 Å². The topological polar surface area (TPSA) is 99.9 Å². The second-order valence-corrected chi connectivity index (χ2v) is 9.83. The highest BCUT2D eigenvalue weighted by Gasteiger charge is 2.77. The monoisotopic (exact) mass is 490 g/mol. The summed E-state index contributed by atoms with van der Waals surface area (Å²) in [4.78, 5) is 49.7. The van der Waals surface area contributed by atoms with E-state index in [-0.39, 0.29) is 29.3 Å². The van der Waals surface area contributed by atoms with Gasteiger partial charge in [-0.05, 0) is 43.4 Å². The molecule has 2 aromatic rings. The number of rotatable bonds is 4. The number of esters is 2. The van der Waals surface area contributed by atoms with Gasteiger partial charge in [-0.3, -0.25) is 9.59 Å². The Labute approximate surface area is 187 Å². The number of fused-ring (bicyclic) bond motifs is 3. The van der Waals surface area contributed by atoms with Gasteiger partial charge >= 0.3 is 17.6 Å². The van der Waals surface area contributed by atoms with Crippen molar-refractivity contribution in [3.63, 3.8) is 0 Å². The highest BCUT2D eigenvalue weighted by molar-refractivity contribution is 9.10. The van der Waals surface area contributed by atoms with Gasteiger partial charge in [0.1, 0.15) is 16.9 Å². The van der Waals surface area contributed by atoms with Crippen LogP contribution in [0.1, 0.15) is 50.9 Å². The number of alkyl halides is 1. The van der Waals surface area contributed by atoms with Crippen molar-refractivity contribution < 1.29 is 28.3 Å². The highest BCUT2D eigenvalue weighted by atomic mass is 79.9. The van der Waals surface area contributed by atoms with E-state index in [4.69, 9.17) is 13.9 Å². The van der Waals surface area contributed by atoms with E-state index >= 15 is 0 Å². The highest BCUT2D eigenvalue weighted by Crippen LogP contribution is 2.72. The SMILES string of the molecule is CCOC(=O)c1cc2ccc(OC(=O)C34CCC(C)(C(=O)C3Br)C4(C)C)cc2oc1=O. The number of halogens is 1. The molecule has 1 aromatic heterocycles. The average Bonchev–Trinajstić information content (AvgIpc) is 2.99. The maximum atomic E-state index is 13.4. The number of hydrogen-bond donors (Lipinski definition) is 0. The predicted molar refractivity (Wildman–Crippen MR) is 115 cm³/mol. The molecule has 3 atom stereocenters. The zero-order chi connectivity index (χ0) is 22.8. The molecule has 0 saturated heterocycles. The summed E-state index contributed by atoms with van der Waals surface area (Å²) in [6.45, 7) is 7.58. The van der Waals surface area contributed by atoms with Gasteiger partial charge in [0, 0.05) is 16.9 Å². The second kappa shape index (κ2) is 7.02. The third-order valence-electron chi connectivity index (χ3n) is 7.50. The van der Waals surface area contributed by atoms with Crippen molar-refractivity contribution in [3.05, 3.63) is 40.2 Å². The Balaban J connectivity index is 1.67. The Kier molecular flexibility index (Phi) is 4.92. The van der Waals surface area contributed by atoms with Crippen molar-refractivity contribution in [3.8, 4) is 5.75 Å². The van der Waals surface area contributed by atoms with Crippen molar-refractivity contribution in [1.82, 2.24) is 0 Å². The van der Waals surface area contributed by atoms with Crippen LogP contribution in [0.2, 0.25) is 0 Å². The number of Topliss-reactive ketones (excluding diaryl/α,β-unsaturated/α-hetero) is 1. The molecule has 2 fully saturated rings. The number of ether oxygens (including phenoxy) is 2. The molecule has 2 aliphatic carbocycles. The average molecular weight is 491 g/mol. The van der Waals surface area contributed by atoms with E-state index in [1.807, 2.05) is 20.8 Å². The van der Waals surface area contributed by atoms with Gasteiger partial charge in [-0.2, -0.15) is 0 Å². The molecule has 8 heteroatoms. The van der Waals surface area contributed by atoms with Crippen LogP contribution in [0, 0.1) is 16.2 Å². The normalized spacial score (nSPS) is 28.7. The molecule has 0 aliphatic heterocycles. The molecule has 3 unspecified atom stereocenters. The summed E-state index contributed by atoms with van der Waals surface area (Å²) in [5.41, 5.74) is -3.02. The molecular formula is C23H23BrO7. The lowest BCUT2D eigenvalue weighted by Gasteiger charge is -2.38. The van der Waals surface area contributed by atoms with Gasteiger partial charge in [-0.25, -0.2) is 9.59 Å². The summed E-state index contributed by atoms with van der Waals surface area (Å²) in [5.74, 6) is -1.02. The predicted octanol–water partition coefficient (Wildman–Crippen LogP) is 4.03. The molecule has 0 spiro atoms. The smallest absolute Gasteiger partial charge is 0.351 e. The molecule has 0 radical (unpaired) electrons. The van der Waals surface area contributed by atoms with Gasteiger partial charge in [0.25, 0.3) is 0 Å². The van der Waals surface area contributed by atoms with Crippen molar-refractivity contribution in [1.29, 1.82) is 0 Å². The molecule has 31 heavy (non-hydrogen) atoms. The number of carbonyl (C=O) groups is 3.